The molecule has 2 amide bonds. The molecule has 0 unspecified atom stereocenters. The first-order valence-electron chi connectivity index (χ1n) is 5.17. The summed E-state index contributed by atoms with van der Waals surface area (Å²) in [6.07, 6.45) is 2.15. The van der Waals surface area contributed by atoms with Gasteiger partial charge in [-0.05, 0) is 31.0 Å². The Morgan fingerprint density at radius 1 is 1.12 bits per heavy atom. The Bertz CT molecular complexity index is 383. The Kier molecular flexibility index (Phi) is 3.56. The van der Waals surface area contributed by atoms with Gasteiger partial charge in [-0.25, -0.2) is 4.79 Å². The third kappa shape index (κ3) is 2.80. The van der Waals surface area contributed by atoms with Gasteiger partial charge in [-0.15, -0.1) is 0 Å². The summed E-state index contributed by atoms with van der Waals surface area (Å²) < 4.78 is 0. The zero-order valence-corrected chi connectivity index (χ0v) is 10.2. The van der Waals surface area contributed by atoms with Crippen LogP contribution >= 0.6 is 23.2 Å². The van der Waals surface area contributed by atoms with Crippen LogP contribution in [0.15, 0.2) is 18.2 Å². The molecule has 1 aromatic rings. The van der Waals surface area contributed by atoms with Crippen molar-refractivity contribution >= 4 is 34.9 Å². The number of carbonyl (C=O) groups excluding carboxylic acids is 1. The van der Waals surface area contributed by atoms with Gasteiger partial charge in [0.05, 0.1) is 0 Å². The number of hydrogen-bond acceptors (Lipinski definition) is 1. The Hall–Kier alpha value is -0.930. The summed E-state index contributed by atoms with van der Waals surface area (Å²) in [5.41, 5.74) is 0.634. The SMILES string of the molecule is O=C(Nc1cc(Cl)cc(Cl)c1)N1CCCC1. The number of benzene rings is 1. The van der Waals surface area contributed by atoms with E-state index in [-0.39, 0.29) is 6.03 Å². The number of likely N-dealkylation sites (tertiary alicyclic amines) is 1. The monoisotopic (exact) mass is 258 g/mol. The van der Waals surface area contributed by atoms with Crippen LogP contribution in [0.25, 0.3) is 0 Å². The summed E-state index contributed by atoms with van der Waals surface area (Å²) in [5, 5.41) is 3.82. The third-order valence-electron chi connectivity index (χ3n) is 2.51. The highest BCUT2D eigenvalue weighted by molar-refractivity contribution is 6.35. The smallest absolute Gasteiger partial charge is 0.321 e. The molecule has 1 aliphatic rings. The summed E-state index contributed by atoms with van der Waals surface area (Å²) >= 11 is 11.7. The number of amides is 2. The molecule has 0 bridgehead atoms. The second kappa shape index (κ2) is 4.93. The highest BCUT2D eigenvalue weighted by Crippen LogP contribution is 2.23. The highest BCUT2D eigenvalue weighted by Gasteiger charge is 2.17. The highest BCUT2D eigenvalue weighted by atomic mass is 35.5. The molecular formula is C11H12Cl2N2O. The number of anilines is 1. The first kappa shape index (κ1) is 11.6. The normalized spacial score (nSPS) is 15.2. The van der Waals surface area contributed by atoms with Crippen LogP contribution in [0.5, 0.6) is 0 Å². The van der Waals surface area contributed by atoms with E-state index >= 15 is 0 Å². The fourth-order valence-electron chi connectivity index (χ4n) is 1.75. The molecule has 0 atom stereocenters. The van der Waals surface area contributed by atoms with Gasteiger partial charge in [0.25, 0.3) is 0 Å². The quantitative estimate of drug-likeness (QED) is 0.820. The van der Waals surface area contributed by atoms with Crippen molar-refractivity contribution in [2.75, 3.05) is 18.4 Å². The van der Waals surface area contributed by atoms with Crippen LogP contribution in [0.3, 0.4) is 0 Å². The maximum atomic E-state index is 11.8. The minimum Gasteiger partial charge on any atom is -0.325 e. The lowest BCUT2D eigenvalue weighted by Gasteiger charge is -2.16. The third-order valence-corrected chi connectivity index (χ3v) is 2.94. The second-order valence-corrected chi connectivity index (χ2v) is 4.66. The van der Waals surface area contributed by atoms with Crippen molar-refractivity contribution in [2.24, 2.45) is 0 Å². The van der Waals surface area contributed by atoms with E-state index in [0.29, 0.717) is 15.7 Å². The lowest BCUT2D eigenvalue weighted by atomic mass is 10.3. The van der Waals surface area contributed by atoms with E-state index in [4.69, 9.17) is 23.2 Å². The van der Waals surface area contributed by atoms with Crippen molar-refractivity contribution in [3.05, 3.63) is 28.2 Å². The zero-order valence-electron chi connectivity index (χ0n) is 8.67. The summed E-state index contributed by atoms with van der Waals surface area (Å²) in [7, 11) is 0. The molecule has 1 heterocycles. The number of hydrogen-bond donors (Lipinski definition) is 1. The Labute approximate surface area is 104 Å². The van der Waals surface area contributed by atoms with Gasteiger partial charge in [-0.1, -0.05) is 23.2 Å². The van der Waals surface area contributed by atoms with E-state index in [1.54, 1.807) is 23.1 Å². The predicted octanol–water partition coefficient (Wildman–Crippen LogP) is 3.62. The van der Waals surface area contributed by atoms with Gasteiger partial charge >= 0.3 is 6.03 Å². The van der Waals surface area contributed by atoms with E-state index in [2.05, 4.69) is 5.32 Å². The lowest BCUT2D eigenvalue weighted by molar-refractivity contribution is 0.222. The van der Waals surface area contributed by atoms with Crippen molar-refractivity contribution in [3.8, 4) is 0 Å². The van der Waals surface area contributed by atoms with Crippen molar-refractivity contribution in [3.63, 3.8) is 0 Å². The fourth-order valence-corrected chi connectivity index (χ4v) is 2.27. The number of nitrogens with one attached hydrogen (secondary N) is 1. The van der Waals surface area contributed by atoms with Gasteiger partial charge in [0.15, 0.2) is 0 Å². The molecule has 0 spiro atoms. The van der Waals surface area contributed by atoms with E-state index in [1.165, 1.54) is 0 Å². The van der Waals surface area contributed by atoms with Gasteiger partial charge in [-0.3, -0.25) is 0 Å². The zero-order chi connectivity index (χ0) is 11.5. The molecule has 1 aliphatic heterocycles. The van der Waals surface area contributed by atoms with Gasteiger partial charge in [0.1, 0.15) is 0 Å². The molecule has 2 rings (SSSR count). The number of halogens is 2. The fraction of sp³-hybridized carbons (Fsp3) is 0.364. The predicted molar refractivity (Wildman–Crippen MR) is 66.3 cm³/mol. The molecule has 0 radical (unpaired) electrons. The molecule has 0 aromatic heterocycles. The van der Waals surface area contributed by atoms with Gasteiger partial charge in [-0.2, -0.15) is 0 Å². The average molecular weight is 259 g/mol. The molecular weight excluding hydrogens is 247 g/mol. The molecule has 86 valence electrons. The van der Waals surface area contributed by atoms with Gasteiger partial charge in [0, 0.05) is 28.8 Å². The molecule has 3 nitrogen and oxygen atoms in total. The standard InChI is InChI=1S/C11H12Cl2N2O/c12-8-5-9(13)7-10(6-8)14-11(16)15-3-1-2-4-15/h5-7H,1-4H2,(H,14,16). The number of rotatable bonds is 1. The summed E-state index contributed by atoms with van der Waals surface area (Å²) in [6, 6.07) is 4.91. The minimum atomic E-state index is -0.0872. The van der Waals surface area contributed by atoms with Gasteiger partial charge < -0.3 is 10.2 Å². The molecule has 1 fully saturated rings. The van der Waals surface area contributed by atoms with Crippen molar-refractivity contribution in [2.45, 2.75) is 12.8 Å². The van der Waals surface area contributed by atoms with Crippen LogP contribution in [-0.2, 0) is 0 Å². The van der Waals surface area contributed by atoms with Crippen molar-refractivity contribution in [1.82, 2.24) is 4.90 Å². The van der Waals surface area contributed by atoms with E-state index < -0.39 is 0 Å². The van der Waals surface area contributed by atoms with E-state index in [9.17, 15) is 4.79 Å². The molecule has 1 saturated heterocycles. The minimum absolute atomic E-state index is 0.0872. The first-order valence-corrected chi connectivity index (χ1v) is 5.93. The lowest BCUT2D eigenvalue weighted by Crippen LogP contribution is -2.32. The second-order valence-electron chi connectivity index (χ2n) is 3.78. The molecule has 0 aliphatic carbocycles. The van der Waals surface area contributed by atoms with E-state index in [1.807, 2.05) is 0 Å². The van der Waals surface area contributed by atoms with Gasteiger partial charge in [0.2, 0.25) is 0 Å². The number of carbonyl (C=O) groups is 1. The largest absolute Gasteiger partial charge is 0.325 e. The maximum absolute atomic E-state index is 11.8. The van der Waals surface area contributed by atoms with Crippen LogP contribution in [0.1, 0.15) is 12.8 Å². The maximum Gasteiger partial charge on any atom is 0.321 e. The molecule has 16 heavy (non-hydrogen) atoms. The van der Waals surface area contributed by atoms with Crippen molar-refractivity contribution < 1.29 is 4.79 Å². The van der Waals surface area contributed by atoms with E-state index in [0.717, 1.165) is 25.9 Å². The Balaban J connectivity index is 2.05. The van der Waals surface area contributed by atoms with Crippen LogP contribution < -0.4 is 5.32 Å². The first-order chi connectivity index (χ1) is 7.65. The number of nitrogens with zero attached hydrogens (tertiary/aromatic N) is 1. The van der Waals surface area contributed by atoms with Crippen LogP contribution in [0.2, 0.25) is 10.0 Å². The molecule has 1 N–H and O–H groups in total. The topological polar surface area (TPSA) is 32.3 Å². The number of urea groups is 1. The van der Waals surface area contributed by atoms with Crippen LogP contribution in [-0.4, -0.2) is 24.0 Å². The molecule has 0 saturated carbocycles. The summed E-state index contributed by atoms with van der Waals surface area (Å²) in [4.78, 5) is 13.6. The molecule has 1 aromatic carbocycles. The van der Waals surface area contributed by atoms with Crippen LogP contribution in [0.4, 0.5) is 10.5 Å². The summed E-state index contributed by atoms with van der Waals surface area (Å²) in [5.74, 6) is 0. The van der Waals surface area contributed by atoms with Crippen molar-refractivity contribution in [1.29, 1.82) is 0 Å². The Morgan fingerprint density at radius 3 is 2.25 bits per heavy atom. The van der Waals surface area contributed by atoms with Crippen LogP contribution in [0, 0.1) is 0 Å². The Morgan fingerprint density at radius 2 is 1.69 bits per heavy atom. The summed E-state index contributed by atoms with van der Waals surface area (Å²) in [6.45, 7) is 1.64. The molecule has 5 heteroatoms. The average Bonchev–Trinajstić information content (AvgIpc) is 2.68.